The number of phenols is 1. The molecule has 1 aromatic heterocycles. The number of ether oxygens (including phenoxy) is 1. The van der Waals surface area contributed by atoms with Gasteiger partial charge < -0.3 is 25.2 Å². The molecule has 3 aliphatic rings. The molecule has 3 aromatic rings. The molecule has 3 fully saturated rings. The Kier molecular flexibility index (Phi) is 7.11. The van der Waals surface area contributed by atoms with Gasteiger partial charge in [0.25, 0.3) is 0 Å². The van der Waals surface area contributed by atoms with Crippen molar-refractivity contribution in [2.24, 2.45) is 5.41 Å². The van der Waals surface area contributed by atoms with Gasteiger partial charge in [-0.3, -0.25) is 0 Å². The van der Waals surface area contributed by atoms with Crippen molar-refractivity contribution in [1.82, 2.24) is 15.3 Å². The number of fused-ring (bicyclic) bond motifs is 2. The lowest BCUT2D eigenvalue weighted by Gasteiger charge is -2.40. The van der Waals surface area contributed by atoms with Gasteiger partial charge in [0.05, 0.1) is 12.2 Å². The number of halogens is 1. The number of aliphatic hydroxyl groups is 1. The van der Waals surface area contributed by atoms with Gasteiger partial charge in [0, 0.05) is 35.5 Å². The van der Waals surface area contributed by atoms with E-state index in [1.807, 2.05) is 24.0 Å². The fourth-order valence-electron chi connectivity index (χ4n) is 7.25. The minimum Gasteiger partial charge on any atom is -0.508 e. The number of benzene rings is 2. The second-order valence-electron chi connectivity index (χ2n) is 12.8. The van der Waals surface area contributed by atoms with E-state index in [1.54, 1.807) is 18.2 Å². The molecule has 2 saturated heterocycles. The molecule has 40 heavy (non-hydrogen) atoms. The smallest absolute Gasteiger partial charge is 0.319 e. The molecule has 1 saturated carbocycles. The highest BCUT2D eigenvalue weighted by Crippen LogP contribution is 2.45. The number of β-amino-alcohol motifs (C(OH)–C–C–N with tert-alkyl or cyclic N) is 1. The summed E-state index contributed by atoms with van der Waals surface area (Å²) in [5.74, 6) is 0.364. The molecule has 2 aromatic carbocycles. The SMILES string of the molecule is CC(C)c1ccc(O)cc1-c1ccc2c(N3CCCC(C)(O)C3)nc(OCC34CCCNC3CCC4)nc2c1F. The number of nitrogens with one attached hydrogen (secondary N) is 1. The van der Waals surface area contributed by atoms with E-state index in [2.05, 4.69) is 24.1 Å². The second-order valence-corrected chi connectivity index (χ2v) is 12.8. The van der Waals surface area contributed by atoms with E-state index in [0.717, 1.165) is 44.2 Å². The van der Waals surface area contributed by atoms with Crippen molar-refractivity contribution in [2.45, 2.75) is 83.3 Å². The Bertz CT molecular complexity index is 1410. The van der Waals surface area contributed by atoms with Crippen molar-refractivity contribution < 1.29 is 19.3 Å². The fourth-order valence-corrected chi connectivity index (χ4v) is 7.25. The van der Waals surface area contributed by atoms with Crippen LogP contribution in [0, 0.1) is 11.2 Å². The Morgan fingerprint density at radius 1 is 1.10 bits per heavy atom. The first-order valence-corrected chi connectivity index (χ1v) is 14.8. The summed E-state index contributed by atoms with van der Waals surface area (Å²) in [6.07, 6.45) is 7.17. The first kappa shape index (κ1) is 27.2. The van der Waals surface area contributed by atoms with E-state index in [9.17, 15) is 10.2 Å². The number of piperidine rings is 2. The summed E-state index contributed by atoms with van der Waals surface area (Å²) in [4.78, 5) is 11.5. The maximum absolute atomic E-state index is 16.5. The molecule has 6 rings (SSSR count). The largest absolute Gasteiger partial charge is 0.508 e. The van der Waals surface area contributed by atoms with Crippen molar-refractivity contribution in [2.75, 3.05) is 31.1 Å². The van der Waals surface area contributed by atoms with Crippen LogP contribution in [-0.4, -0.2) is 58.1 Å². The standard InChI is InChI=1S/C32H41FN4O3/c1-20(2)22-9-8-21(38)17-25(22)23-10-11-24-28(27(23)33)35-30(36-29(24)37-16-6-12-31(3,39)18-37)40-19-32-13-4-7-26(32)34-15-5-14-32/h8-11,17,20,26,34,38-39H,4-7,12-16,18-19H2,1-3H3. The fraction of sp³-hybridized carbons (Fsp3) is 0.562. The van der Waals surface area contributed by atoms with Crippen molar-refractivity contribution in [3.8, 4) is 22.9 Å². The van der Waals surface area contributed by atoms with Gasteiger partial charge in [-0.05, 0) is 87.2 Å². The summed E-state index contributed by atoms with van der Waals surface area (Å²) in [7, 11) is 0. The molecule has 0 spiro atoms. The minimum absolute atomic E-state index is 0.0552. The molecule has 0 radical (unpaired) electrons. The summed E-state index contributed by atoms with van der Waals surface area (Å²) in [5, 5.41) is 25.4. The third-order valence-corrected chi connectivity index (χ3v) is 9.33. The number of nitrogens with zero attached hydrogens (tertiary/aromatic N) is 3. The van der Waals surface area contributed by atoms with E-state index in [1.165, 1.54) is 6.42 Å². The number of rotatable bonds is 6. The zero-order chi connectivity index (χ0) is 28.1. The predicted octanol–water partition coefficient (Wildman–Crippen LogP) is 5.92. The molecule has 0 amide bonds. The van der Waals surface area contributed by atoms with Crippen molar-refractivity contribution >= 4 is 16.7 Å². The van der Waals surface area contributed by atoms with Crippen LogP contribution in [0.4, 0.5) is 10.2 Å². The molecule has 3 atom stereocenters. The highest BCUT2D eigenvalue weighted by molar-refractivity contribution is 5.94. The summed E-state index contributed by atoms with van der Waals surface area (Å²) in [6, 6.07) is 9.34. The molecule has 0 bridgehead atoms. The number of phenolic OH excluding ortho intramolecular Hbond substituents is 1. The molecule has 8 heteroatoms. The number of anilines is 1. The van der Waals surface area contributed by atoms with E-state index in [4.69, 9.17) is 9.72 Å². The number of aromatic nitrogens is 2. The molecule has 1 aliphatic carbocycles. The van der Waals surface area contributed by atoms with Crippen LogP contribution in [0.3, 0.4) is 0 Å². The van der Waals surface area contributed by atoms with E-state index >= 15 is 4.39 Å². The maximum atomic E-state index is 16.5. The summed E-state index contributed by atoms with van der Waals surface area (Å²) < 4.78 is 22.9. The van der Waals surface area contributed by atoms with Crippen LogP contribution in [0.5, 0.6) is 11.8 Å². The Hall–Kier alpha value is -2.97. The number of hydrogen-bond acceptors (Lipinski definition) is 7. The highest BCUT2D eigenvalue weighted by atomic mass is 19.1. The van der Waals surface area contributed by atoms with Crippen molar-refractivity contribution in [3.05, 3.63) is 41.7 Å². The van der Waals surface area contributed by atoms with Gasteiger partial charge in [0.15, 0.2) is 5.82 Å². The van der Waals surface area contributed by atoms with Gasteiger partial charge in [-0.25, -0.2) is 4.39 Å². The first-order valence-electron chi connectivity index (χ1n) is 14.8. The predicted molar refractivity (Wildman–Crippen MR) is 156 cm³/mol. The van der Waals surface area contributed by atoms with Crippen LogP contribution in [0.25, 0.3) is 22.0 Å². The van der Waals surface area contributed by atoms with E-state index in [-0.39, 0.29) is 28.6 Å². The van der Waals surface area contributed by atoms with Crippen LogP contribution < -0.4 is 15.0 Å². The number of aromatic hydroxyl groups is 1. The van der Waals surface area contributed by atoms with Gasteiger partial charge in [-0.1, -0.05) is 32.4 Å². The molecule has 2 aliphatic heterocycles. The summed E-state index contributed by atoms with van der Waals surface area (Å²) in [6.45, 7) is 8.60. The normalized spacial score (nSPS) is 26.9. The third kappa shape index (κ3) is 5.00. The average molecular weight is 549 g/mol. The molecule has 7 nitrogen and oxygen atoms in total. The van der Waals surface area contributed by atoms with Crippen molar-refractivity contribution in [3.63, 3.8) is 0 Å². The highest BCUT2D eigenvalue weighted by Gasteiger charge is 2.45. The molecule has 3 unspecified atom stereocenters. The van der Waals surface area contributed by atoms with Gasteiger partial charge in [-0.15, -0.1) is 0 Å². The molecule has 214 valence electrons. The lowest BCUT2D eigenvalue weighted by molar-refractivity contribution is 0.0446. The van der Waals surface area contributed by atoms with E-state index in [0.29, 0.717) is 54.5 Å². The summed E-state index contributed by atoms with van der Waals surface area (Å²) in [5.41, 5.74) is 1.39. The zero-order valence-electron chi connectivity index (χ0n) is 23.8. The topological polar surface area (TPSA) is 90.7 Å². The van der Waals surface area contributed by atoms with Gasteiger partial charge in [-0.2, -0.15) is 9.97 Å². The van der Waals surface area contributed by atoms with Crippen LogP contribution in [0.2, 0.25) is 0 Å². The quantitative estimate of drug-likeness (QED) is 0.352. The average Bonchev–Trinajstić information content (AvgIpc) is 3.35. The zero-order valence-corrected chi connectivity index (χ0v) is 23.8. The molecular formula is C32H41FN4O3. The van der Waals surface area contributed by atoms with Crippen molar-refractivity contribution in [1.29, 1.82) is 0 Å². The Morgan fingerprint density at radius 2 is 1.93 bits per heavy atom. The Morgan fingerprint density at radius 3 is 2.73 bits per heavy atom. The lowest BCUT2D eigenvalue weighted by atomic mass is 9.76. The van der Waals surface area contributed by atoms with E-state index < -0.39 is 11.4 Å². The van der Waals surface area contributed by atoms with Crippen LogP contribution in [-0.2, 0) is 0 Å². The lowest BCUT2D eigenvalue weighted by Crippen LogP contribution is -2.49. The molecule has 3 N–H and O–H groups in total. The van der Waals surface area contributed by atoms with Gasteiger partial charge in [0.1, 0.15) is 17.1 Å². The Balaban J connectivity index is 1.45. The monoisotopic (exact) mass is 548 g/mol. The maximum Gasteiger partial charge on any atom is 0.319 e. The summed E-state index contributed by atoms with van der Waals surface area (Å²) >= 11 is 0. The van der Waals surface area contributed by atoms with Crippen LogP contribution in [0.15, 0.2) is 30.3 Å². The van der Waals surface area contributed by atoms with Gasteiger partial charge in [0.2, 0.25) is 0 Å². The van der Waals surface area contributed by atoms with Crippen LogP contribution in [0.1, 0.15) is 77.2 Å². The minimum atomic E-state index is -0.855. The van der Waals surface area contributed by atoms with Crippen LogP contribution >= 0.6 is 0 Å². The second kappa shape index (κ2) is 10.5. The number of hydrogen-bond donors (Lipinski definition) is 3. The third-order valence-electron chi connectivity index (χ3n) is 9.33. The molecular weight excluding hydrogens is 507 g/mol. The Labute approximate surface area is 235 Å². The van der Waals surface area contributed by atoms with Gasteiger partial charge >= 0.3 is 6.01 Å². The molecule has 3 heterocycles. The first-order chi connectivity index (χ1) is 19.2.